The number of hydrogen-bond donors (Lipinski definition) is 1. The molecule has 0 saturated carbocycles. The fraction of sp³-hybridized carbons (Fsp3) is 0.455. The third-order valence-corrected chi connectivity index (χ3v) is 3.71. The highest BCUT2D eigenvalue weighted by Gasteiger charge is 2.18. The molecule has 2 aromatic heterocycles. The zero-order valence-corrected chi connectivity index (χ0v) is 11.5. The van der Waals surface area contributed by atoms with E-state index in [-0.39, 0.29) is 12.3 Å². The fourth-order valence-electron chi connectivity index (χ4n) is 1.73. The molecule has 0 aliphatic rings. The molecule has 0 bridgehead atoms. The Labute approximate surface area is 113 Å². The Bertz CT molecular complexity index is 578. The lowest BCUT2D eigenvalue weighted by atomic mass is 10.3. The van der Waals surface area contributed by atoms with Crippen LogP contribution < -0.4 is 0 Å². The molecule has 19 heavy (non-hydrogen) atoms. The molecule has 0 aliphatic carbocycles. The number of aromatic carboxylic acids is 1. The van der Waals surface area contributed by atoms with Crippen LogP contribution in [-0.2, 0) is 24.3 Å². The van der Waals surface area contributed by atoms with Crippen LogP contribution in [0.3, 0.4) is 0 Å². The average molecular weight is 282 g/mol. The van der Waals surface area contributed by atoms with Crippen molar-refractivity contribution >= 4 is 17.3 Å². The maximum absolute atomic E-state index is 11.0. The Balaban J connectivity index is 2.16. The van der Waals surface area contributed by atoms with Gasteiger partial charge in [-0.3, -0.25) is 0 Å². The molecule has 0 unspecified atom stereocenters. The first kappa shape index (κ1) is 13.6. The van der Waals surface area contributed by atoms with Gasteiger partial charge in [-0.15, -0.1) is 16.4 Å². The van der Waals surface area contributed by atoms with Crippen molar-refractivity contribution in [2.24, 2.45) is 0 Å². The molecule has 0 spiro atoms. The summed E-state index contributed by atoms with van der Waals surface area (Å²) in [5.74, 6) is -1.09. The number of rotatable bonds is 6. The van der Waals surface area contributed by atoms with Gasteiger partial charge in [0.25, 0.3) is 0 Å². The summed E-state index contributed by atoms with van der Waals surface area (Å²) >= 11 is 1.58. The number of ether oxygens (including phenoxy) is 1. The number of thiazole rings is 1. The van der Waals surface area contributed by atoms with Crippen molar-refractivity contribution < 1.29 is 14.6 Å². The highest BCUT2D eigenvalue weighted by molar-refractivity contribution is 7.09. The number of hydrogen-bond acceptors (Lipinski definition) is 6. The van der Waals surface area contributed by atoms with Crippen molar-refractivity contribution in [3.8, 4) is 0 Å². The summed E-state index contributed by atoms with van der Waals surface area (Å²) in [4.78, 5) is 16.4. The third kappa shape index (κ3) is 2.96. The van der Waals surface area contributed by atoms with Crippen molar-refractivity contribution in [1.82, 2.24) is 20.0 Å². The number of carbonyl (C=O) groups is 1. The molecule has 2 aromatic rings. The van der Waals surface area contributed by atoms with E-state index in [4.69, 9.17) is 9.84 Å². The lowest BCUT2D eigenvalue weighted by Gasteiger charge is -2.05. The molecular weight excluding hydrogens is 268 g/mol. The van der Waals surface area contributed by atoms with Gasteiger partial charge in [0.2, 0.25) is 0 Å². The topological polar surface area (TPSA) is 90.1 Å². The van der Waals surface area contributed by atoms with E-state index in [1.165, 1.54) is 7.11 Å². The number of methoxy groups -OCH3 is 1. The van der Waals surface area contributed by atoms with Crippen molar-refractivity contribution in [1.29, 1.82) is 0 Å². The van der Waals surface area contributed by atoms with Gasteiger partial charge in [0.15, 0.2) is 5.69 Å². The molecule has 0 radical (unpaired) electrons. The highest BCUT2D eigenvalue weighted by atomic mass is 32.1. The first-order chi connectivity index (χ1) is 9.13. The lowest BCUT2D eigenvalue weighted by molar-refractivity contribution is 0.0684. The van der Waals surface area contributed by atoms with E-state index in [2.05, 4.69) is 15.3 Å². The largest absolute Gasteiger partial charge is 0.476 e. The smallest absolute Gasteiger partial charge is 0.358 e. The van der Waals surface area contributed by atoms with Gasteiger partial charge in [-0.05, 0) is 6.92 Å². The van der Waals surface area contributed by atoms with Crippen molar-refractivity contribution in [2.75, 3.05) is 7.11 Å². The normalized spacial score (nSPS) is 10.8. The van der Waals surface area contributed by atoms with E-state index in [0.717, 1.165) is 17.0 Å². The zero-order chi connectivity index (χ0) is 13.8. The summed E-state index contributed by atoms with van der Waals surface area (Å²) in [7, 11) is 1.51. The van der Waals surface area contributed by atoms with Gasteiger partial charge in [-0.1, -0.05) is 5.21 Å². The summed E-state index contributed by atoms with van der Waals surface area (Å²) in [5.41, 5.74) is 3.22. The Hall–Kier alpha value is -1.80. The second-order valence-electron chi connectivity index (χ2n) is 3.96. The summed E-state index contributed by atoms with van der Waals surface area (Å²) in [6, 6.07) is 0. The SMILES string of the molecule is COCc1c(C(=O)O)nnn1CCc1scnc1C. The summed E-state index contributed by atoms with van der Waals surface area (Å²) in [6.07, 6.45) is 0.746. The molecule has 7 nitrogen and oxygen atoms in total. The summed E-state index contributed by atoms with van der Waals surface area (Å²) in [6.45, 7) is 2.68. The van der Waals surface area contributed by atoms with Gasteiger partial charge in [0.05, 0.1) is 23.5 Å². The second kappa shape index (κ2) is 5.89. The Morgan fingerprint density at radius 1 is 1.58 bits per heavy atom. The molecule has 2 rings (SSSR count). The lowest BCUT2D eigenvalue weighted by Crippen LogP contribution is -2.11. The number of aromatic nitrogens is 4. The zero-order valence-electron chi connectivity index (χ0n) is 10.7. The van der Waals surface area contributed by atoms with Crippen molar-refractivity contribution in [3.05, 3.63) is 27.5 Å². The van der Waals surface area contributed by atoms with E-state index < -0.39 is 5.97 Å². The van der Waals surface area contributed by atoms with Gasteiger partial charge in [0.1, 0.15) is 0 Å². The van der Waals surface area contributed by atoms with E-state index >= 15 is 0 Å². The quantitative estimate of drug-likeness (QED) is 0.854. The van der Waals surface area contributed by atoms with E-state index in [1.807, 2.05) is 6.92 Å². The molecule has 0 atom stereocenters. The van der Waals surface area contributed by atoms with Crippen LogP contribution >= 0.6 is 11.3 Å². The summed E-state index contributed by atoms with van der Waals surface area (Å²) in [5, 5.41) is 16.6. The number of aryl methyl sites for hydroxylation is 3. The highest BCUT2D eigenvalue weighted by Crippen LogP contribution is 2.15. The van der Waals surface area contributed by atoms with Crippen molar-refractivity contribution in [3.63, 3.8) is 0 Å². The van der Waals surface area contributed by atoms with Crippen LogP contribution in [0.4, 0.5) is 0 Å². The minimum atomic E-state index is -1.09. The first-order valence-corrected chi connectivity index (χ1v) is 6.55. The van der Waals surface area contributed by atoms with Crippen LogP contribution in [0, 0.1) is 6.92 Å². The predicted octanol–water partition coefficient (Wildman–Crippen LogP) is 1.13. The fourth-order valence-corrected chi connectivity index (χ4v) is 2.50. The van der Waals surface area contributed by atoms with Crippen LogP contribution in [-0.4, -0.2) is 38.2 Å². The number of carboxylic acids is 1. The molecule has 0 aliphatic heterocycles. The first-order valence-electron chi connectivity index (χ1n) is 5.67. The Kier molecular flexibility index (Phi) is 4.23. The maximum atomic E-state index is 11.0. The number of carboxylic acid groups (broad SMARTS) is 1. The van der Waals surface area contributed by atoms with Crippen molar-refractivity contribution in [2.45, 2.75) is 26.5 Å². The third-order valence-electron chi connectivity index (χ3n) is 2.72. The summed E-state index contributed by atoms with van der Waals surface area (Å²) < 4.78 is 6.58. The molecule has 1 N–H and O–H groups in total. The molecule has 0 saturated heterocycles. The molecule has 2 heterocycles. The van der Waals surface area contributed by atoms with Crippen LogP contribution in [0.2, 0.25) is 0 Å². The Morgan fingerprint density at radius 3 is 2.95 bits per heavy atom. The molecule has 0 fully saturated rings. The standard InChI is InChI=1S/C11H14N4O3S/c1-7-9(19-6-12-7)3-4-15-8(5-18-2)10(11(16)17)13-14-15/h6H,3-5H2,1-2H3,(H,16,17). The second-order valence-corrected chi connectivity index (χ2v) is 4.90. The molecule has 0 aromatic carbocycles. The van der Waals surface area contributed by atoms with Crippen LogP contribution in [0.5, 0.6) is 0 Å². The predicted molar refractivity (Wildman–Crippen MR) is 68.2 cm³/mol. The van der Waals surface area contributed by atoms with Gasteiger partial charge >= 0.3 is 5.97 Å². The average Bonchev–Trinajstić information content (AvgIpc) is 2.94. The molecular formula is C11H14N4O3S. The monoisotopic (exact) mass is 282 g/mol. The number of nitrogens with zero attached hydrogens (tertiary/aromatic N) is 4. The van der Waals surface area contributed by atoms with Gasteiger partial charge in [-0.25, -0.2) is 14.5 Å². The maximum Gasteiger partial charge on any atom is 0.358 e. The minimum Gasteiger partial charge on any atom is -0.476 e. The molecule has 0 amide bonds. The van der Waals surface area contributed by atoms with Crippen LogP contribution in [0.15, 0.2) is 5.51 Å². The van der Waals surface area contributed by atoms with Gasteiger partial charge < -0.3 is 9.84 Å². The van der Waals surface area contributed by atoms with Crippen LogP contribution in [0.1, 0.15) is 26.8 Å². The van der Waals surface area contributed by atoms with E-state index in [9.17, 15) is 4.79 Å². The molecule has 8 heteroatoms. The van der Waals surface area contributed by atoms with Gasteiger partial charge in [-0.2, -0.15) is 0 Å². The molecule has 102 valence electrons. The Morgan fingerprint density at radius 2 is 2.37 bits per heavy atom. The van der Waals surface area contributed by atoms with E-state index in [0.29, 0.717) is 12.2 Å². The van der Waals surface area contributed by atoms with Crippen LogP contribution in [0.25, 0.3) is 0 Å². The minimum absolute atomic E-state index is 0.0529. The van der Waals surface area contributed by atoms with Gasteiger partial charge in [0, 0.05) is 25.0 Å². The van der Waals surface area contributed by atoms with E-state index in [1.54, 1.807) is 21.5 Å².